The summed E-state index contributed by atoms with van der Waals surface area (Å²) in [7, 11) is 0. The third-order valence-electron chi connectivity index (χ3n) is 4.54. The average Bonchev–Trinajstić information content (AvgIpc) is 3.06. The Morgan fingerprint density at radius 2 is 2.13 bits per heavy atom. The van der Waals surface area contributed by atoms with E-state index in [2.05, 4.69) is 15.2 Å². The van der Waals surface area contributed by atoms with Gasteiger partial charge >= 0.3 is 6.03 Å². The molecule has 6 nitrogen and oxygen atoms in total. The molecule has 0 unspecified atom stereocenters. The summed E-state index contributed by atoms with van der Waals surface area (Å²) in [4.78, 5) is 20.6. The second kappa shape index (κ2) is 8.26. The number of likely N-dealkylation sites (tertiary alicyclic amines) is 2. The largest absolute Gasteiger partial charge is 0.375 e. The van der Waals surface area contributed by atoms with Crippen LogP contribution in [-0.2, 0) is 4.74 Å². The Labute approximate surface area is 137 Å². The monoisotopic (exact) mass is 318 g/mol. The Kier molecular flexibility index (Phi) is 5.82. The maximum absolute atomic E-state index is 12.2. The van der Waals surface area contributed by atoms with Gasteiger partial charge in [-0.2, -0.15) is 0 Å². The minimum Gasteiger partial charge on any atom is -0.375 e. The van der Waals surface area contributed by atoms with E-state index in [1.54, 1.807) is 17.2 Å². The van der Waals surface area contributed by atoms with Gasteiger partial charge in [0.05, 0.1) is 12.7 Å². The van der Waals surface area contributed by atoms with Crippen molar-refractivity contribution in [1.82, 2.24) is 14.8 Å². The van der Waals surface area contributed by atoms with Crippen molar-refractivity contribution in [3.63, 3.8) is 0 Å². The van der Waals surface area contributed by atoms with Crippen LogP contribution in [0, 0.1) is 0 Å². The lowest BCUT2D eigenvalue weighted by molar-refractivity contribution is 0.0416. The lowest BCUT2D eigenvalue weighted by Gasteiger charge is -2.26. The van der Waals surface area contributed by atoms with Crippen LogP contribution in [0.4, 0.5) is 10.6 Å². The maximum Gasteiger partial charge on any atom is 0.323 e. The molecule has 3 heterocycles. The van der Waals surface area contributed by atoms with Gasteiger partial charge in [0.25, 0.3) is 0 Å². The van der Waals surface area contributed by atoms with Crippen LogP contribution >= 0.6 is 0 Å². The topological polar surface area (TPSA) is 57.7 Å². The predicted octanol–water partition coefficient (Wildman–Crippen LogP) is 2.19. The van der Waals surface area contributed by atoms with Crippen LogP contribution in [0.15, 0.2) is 24.4 Å². The van der Waals surface area contributed by atoms with E-state index < -0.39 is 0 Å². The van der Waals surface area contributed by atoms with E-state index in [0.29, 0.717) is 12.4 Å². The fourth-order valence-corrected chi connectivity index (χ4v) is 3.21. The number of aromatic nitrogens is 1. The van der Waals surface area contributed by atoms with Crippen molar-refractivity contribution in [3.05, 3.63) is 24.4 Å². The number of nitrogens with zero attached hydrogens (tertiary/aromatic N) is 3. The molecular formula is C17H26N4O2. The van der Waals surface area contributed by atoms with Crippen molar-refractivity contribution in [2.24, 2.45) is 0 Å². The number of nitrogens with one attached hydrogen (secondary N) is 1. The number of ether oxygens (including phenoxy) is 1. The number of amides is 2. The average molecular weight is 318 g/mol. The quantitative estimate of drug-likeness (QED) is 0.904. The van der Waals surface area contributed by atoms with Crippen LogP contribution in [0.1, 0.15) is 25.7 Å². The highest BCUT2D eigenvalue weighted by molar-refractivity contribution is 5.88. The van der Waals surface area contributed by atoms with Crippen molar-refractivity contribution in [3.8, 4) is 0 Å². The van der Waals surface area contributed by atoms with Crippen LogP contribution in [0.3, 0.4) is 0 Å². The first-order valence-corrected chi connectivity index (χ1v) is 8.62. The van der Waals surface area contributed by atoms with Gasteiger partial charge in [0.2, 0.25) is 0 Å². The van der Waals surface area contributed by atoms with E-state index in [4.69, 9.17) is 4.74 Å². The normalized spacial score (nSPS) is 22.3. The summed E-state index contributed by atoms with van der Waals surface area (Å²) in [5, 5.41) is 2.82. The van der Waals surface area contributed by atoms with E-state index in [1.165, 1.54) is 32.4 Å². The Morgan fingerprint density at radius 1 is 1.26 bits per heavy atom. The molecule has 0 bridgehead atoms. The van der Waals surface area contributed by atoms with Crippen LogP contribution in [0.2, 0.25) is 0 Å². The molecule has 1 aromatic rings. The summed E-state index contributed by atoms with van der Waals surface area (Å²) in [6, 6.07) is 5.39. The first-order valence-electron chi connectivity index (χ1n) is 8.62. The third-order valence-corrected chi connectivity index (χ3v) is 4.54. The number of piperidine rings is 1. The SMILES string of the molecule is O=C(Nc1ccccn1)N1CC[C@@H](OCCN2CCCCC2)C1. The van der Waals surface area contributed by atoms with Crippen LogP contribution in [0.5, 0.6) is 0 Å². The van der Waals surface area contributed by atoms with Gasteiger partial charge in [-0.1, -0.05) is 12.5 Å². The van der Waals surface area contributed by atoms with E-state index in [9.17, 15) is 4.79 Å². The molecule has 2 saturated heterocycles. The smallest absolute Gasteiger partial charge is 0.323 e. The van der Waals surface area contributed by atoms with Gasteiger partial charge in [0.1, 0.15) is 5.82 Å². The Hall–Kier alpha value is -1.66. The van der Waals surface area contributed by atoms with Gasteiger partial charge < -0.3 is 14.5 Å². The van der Waals surface area contributed by atoms with Crippen molar-refractivity contribution < 1.29 is 9.53 Å². The number of rotatable bonds is 5. The molecule has 1 N–H and O–H groups in total. The van der Waals surface area contributed by atoms with Crippen molar-refractivity contribution in [2.75, 3.05) is 44.6 Å². The second-order valence-electron chi connectivity index (χ2n) is 6.27. The number of anilines is 1. The number of pyridine rings is 1. The number of carbonyl (C=O) groups is 1. The molecule has 0 aromatic carbocycles. The Balaban J connectivity index is 1.35. The zero-order valence-electron chi connectivity index (χ0n) is 13.6. The standard InChI is InChI=1S/C17H26N4O2/c22-17(19-16-6-2-3-8-18-16)21-11-7-15(14-21)23-13-12-20-9-4-1-5-10-20/h2-3,6,8,15H,1,4-5,7,9-14H2,(H,18,19,22)/t15-/m1/s1. The highest BCUT2D eigenvalue weighted by Gasteiger charge is 2.27. The predicted molar refractivity (Wildman–Crippen MR) is 89.5 cm³/mol. The number of hydrogen-bond acceptors (Lipinski definition) is 4. The van der Waals surface area contributed by atoms with Crippen molar-refractivity contribution in [2.45, 2.75) is 31.8 Å². The highest BCUT2D eigenvalue weighted by atomic mass is 16.5. The fraction of sp³-hybridized carbons (Fsp3) is 0.647. The van der Waals surface area contributed by atoms with Gasteiger partial charge in [-0.25, -0.2) is 9.78 Å². The molecule has 2 aliphatic heterocycles. The first kappa shape index (κ1) is 16.2. The molecule has 1 atom stereocenters. The molecule has 126 valence electrons. The molecule has 1 aromatic heterocycles. The second-order valence-corrected chi connectivity index (χ2v) is 6.27. The molecular weight excluding hydrogens is 292 g/mol. The minimum atomic E-state index is -0.0918. The van der Waals surface area contributed by atoms with Gasteiger partial charge in [-0.05, 0) is 44.5 Å². The summed E-state index contributed by atoms with van der Waals surface area (Å²) >= 11 is 0. The molecule has 2 amide bonds. The minimum absolute atomic E-state index is 0.0918. The summed E-state index contributed by atoms with van der Waals surface area (Å²) in [5.41, 5.74) is 0. The third kappa shape index (κ3) is 4.91. The van der Waals surface area contributed by atoms with E-state index >= 15 is 0 Å². The molecule has 0 radical (unpaired) electrons. The summed E-state index contributed by atoms with van der Waals surface area (Å²) in [5.74, 6) is 0.590. The van der Waals surface area contributed by atoms with Gasteiger partial charge in [0, 0.05) is 25.8 Å². The van der Waals surface area contributed by atoms with Crippen LogP contribution < -0.4 is 5.32 Å². The lowest BCUT2D eigenvalue weighted by Crippen LogP contribution is -2.35. The molecule has 0 aliphatic carbocycles. The number of carbonyl (C=O) groups excluding carboxylic acids is 1. The molecule has 2 fully saturated rings. The Bertz CT molecular complexity index is 491. The molecule has 0 saturated carbocycles. The zero-order valence-corrected chi connectivity index (χ0v) is 13.6. The number of urea groups is 1. The molecule has 6 heteroatoms. The molecule has 0 spiro atoms. The Morgan fingerprint density at radius 3 is 2.91 bits per heavy atom. The van der Waals surface area contributed by atoms with E-state index in [-0.39, 0.29) is 12.1 Å². The summed E-state index contributed by atoms with van der Waals surface area (Å²) in [6.45, 7) is 5.59. The van der Waals surface area contributed by atoms with Crippen molar-refractivity contribution >= 4 is 11.8 Å². The van der Waals surface area contributed by atoms with Crippen LogP contribution in [-0.4, -0.2) is 66.2 Å². The van der Waals surface area contributed by atoms with Crippen molar-refractivity contribution in [1.29, 1.82) is 0 Å². The molecule has 23 heavy (non-hydrogen) atoms. The number of hydrogen-bond donors (Lipinski definition) is 1. The molecule has 3 rings (SSSR count). The molecule has 2 aliphatic rings. The van der Waals surface area contributed by atoms with E-state index in [0.717, 1.165) is 26.1 Å². The fourth-order valence-electron chi connectivity index (χ4n) is 3.21. The van der Waals surface area contributed by atoms with Gasteiger partial charge in [-0.3, -0.25) is 5.32 Å². The zero-order chi connectivity index (χ0) is 15.9. The summed E-state index contributed by atoms with van der Waals surface area (Å²) < 4.78 is 5.96. The van der Waals surface area contributed by atoms with Crippen LogP contribution in [0.25, 0.3) is 0 Å². The maximum atomic E-state index is 12.2. The van der Waals surface area contributed by atoms with E-state index in [1.807, 2.05) is 12.1 Å². The lowest BCUT2D eigenvalue weighted by atomic mass is 10.1. The summed E-state index contributed by atoms with van der Waals surface area (Å²) in [6.07, 6.45) is 6.73. The van der Waals surface area contributed by atoms with Gasteiger partial charge in [0.15, 0.2) is 0 Å². The van der Waals surface area contributed by atoms with Gasteiger partial charge in [-0.15, -0.1) is 0 Å². The first-order chi connectivity index (χ1) is 11.3. The highest BCUT2D eigenvalue weighted by Crippen LogP contribution is 2.15.